The zero-order valence-electron chi connectivity index (χ0n) is 17.4. The van der Waals surface area contributed by atoms with Gasteiger partial charge in [-0.05, 0) is 42.8 Å². The van der Waals surface area contributed by atoms with Crippen LogP contribution < -0.4 is 9.64 Å². The van der Waals surface area contributed by atoms with E-state index in [0.717, 1.165) is 16.5 Å². The van der Waals surface area contributed by atoms with E-state index >= 15 is 0 Å². The van der Waals surface area contributed by atoms with Crippen molar-refractivity contribution >= 4 is 28.2 Å². The molecule has 5 rings (SSSR count). The normalized spacial score (nSPS) is 17.9. The molecular formula is C25H21N3O4. The lowest BCUT2D eigenvalue weighted by Crippen LogP contribution is -2.53. The maximum atomic E-state index is 13.5. The topological polar surface area (TPSA) is 88.5 Å². The molecule has 160 valence electrons. The van der Waals surface area contributed by atoms with Gasteiger partial charge in [-0.25, -0.2) is 0 Å². The number of para-hydroxylation sites is 2. The average Bonchev–Trinajstić information content (AvgIpc) is 3.22. The molecule has 0 bridgehead atoms. The van der Waals surface area contributed by atoms with Crippen LogP contribution in [0.5, 0.6) is 5.75 Å². The first-order valence-electron chi connectivity index (χ1n) is 10.5. The van der Waals surface area contributed by atoms with E-state index in [1.165, 1.54) is 6.07 Å². The number of nitrogens with one attached hydrogen (secondary N) is 1. The summed E-state index contributed by atoms with van der Waals surface area (Å²) in [6, 6.07) is 21.1. The number of rotatable bonds is 6. The third-order valence-electron chi connectivity index (χ3n) is 5.93. The Balaban J connectivity index is 1.63. The van der Waals surface area contributed by atoms with Gasteiger partial charge in [0.1, 0.15) is 5.75 Å². The van der Waals surface area contributed by atoms with Crippen LogP contribution in [0.4, 0.5) is 11.4 Å². The molecule has 2 unspecified atom stereocenters. The molecule has 1 fully saturated rings. The van der Waals surface area contributed by atoms with Crippen molar-refractivity contribution in [3.05, 3.63) is 100 Å². The van der Waals surface area contributed by atoms with Crippen molar-refractivity contribution in [3.8, 4) is 5.75 Å². The zero-order valence-corrected chi connectivity index (χ0v) is 17.4. The number of β-lactam (4-membered cyclic amide) rings is 1. The fourth-order valence-corrected chi connectivity index (χ4v) is 4.52. The molecule has 1 amide bonds. The summed E-state index contributed by atoms with van der Waals surface area (Å²) in [5.41, 5.74) is 2.97. The lowest BCUT2D eigenvalue weighted by Gasteiger charge is -2.47. The van der Waals surface area contributed by atoms with Gasteiger partial charge in [0.15, 0.2) is 0 Å². The first kappa shape index (κ1) is 19.8. The third kappa shape index (κ3) is 3.10. The number of hydrogen-bond acceptors (Lipinski definition) is 4. The number of carbonyl (C=O) groups is 1. The zero-order chi connectivity index (χ0) is 22.2. The summed E-state index contributed by atoms with van der Waals surface area (Å²) in [7, 11) is 0. The Kier molecular flexibility index (Phi) is 4.86. The molecule has 7 heteroatoms. The van der Waals surface area contributed by atoms with E-state index in [4.69, 9.17) is 4.74 Å². The van der Waals surface area contributed by atoms with Crippen LogP contribution in [0.15, 0.2) is 79.0 Å². The van der Waals surface area contributed by atoms with Crippen molar-refractivity contribution in [1.82, 2.24) is 4.98 Å². The Hall–Kier alpha value is -4.13. The third-order valence-corrected chi connectivity index (χ3v) is 5.93. The number of nitro benzene ring substituents is 1. The molecule has 0 saturated carbocycles. The Morgan fingerprint density at radius 2 is 1.72 bits per heavy atom. The van der Waals surface area contributed by atoms with Crippen LogP contribution >= 0.6 is 0 Å². The van der Waals surface area contributed by atoms with Gasteiger partial charge >= 0.3 is 0 Å². The number of amides is 1. The van der Waals surface area contributed by atoms with Crippen LogP contribution in [0.1, 0.15) is 30.0 Å². The number of aromatic nitrogens is 1. The van der Waals surface area contributed by atoms with Crippen molar-refractivity contribution in [2.24, 2.45) is 0 Å². The first-order chi connectivity index (χ1) is 15.6. The van der Waals surface area contributed by atoms with Crippen LogP contribution in [-0.2, 0) is 4.79 Å². The van der Waals surface area contributed by atoms with Crippen molar-refractivity contribution in [1.29, 1.82) is 0 Å². The number of benzene rings is 3. The van der Waals surface area contributed by atoms with E-state index in [2.05, 4.69) is 4.98 Å². The molecule has 0 spiro atoms. The van der Waals surface area contributed by atoms with Crippen molar-refractivity contribution in [2.75, 3.05) is 11.5 Å². The highest BCUT2D eigenvalue weighted by atomic mass is 16.6. The quantitative estimate of drug-likeness (QED) is 0.255. The number of nitrogens with zero attached hydrogens (tertiary/aromatic N) is 2. The summed E-state index contributed by atoms with van der Waals surface area (Å²) in [6.45, 7) is 2.45. The molecule has 1 aromatic heterocycles. The number of aromatic amines is 1. The van der Waals surface area contributed by atoms with E-state index in [-0.39, 0.29) is 16.5 Å². The van der Waals surface area contributed by atoms with Gasteiger partial charge in [0.05, 0.1) is 29.1 Å². The summed E-state index contributed by atoms with van der Waals surface area (Å²) in [5.74, 6) is 0.0838. The first-order valence-corrected chi connectivity index (χ1v) is 10.5. The van der Waals surface area contributed by atoms with Crippen LogP contribution in [-0.4, -0.2) is 22.4 Å². The molecule has 1 aliphatic heterocycles. The van der Waals surface area contributed by atoms with Gasteiger partial charge in [-0.1, -0.05) is 36.4 Å². The Labute approximate surface area is 184 Å². The summed E-state index contributed by atoms with van der Waals surface area (Å²) in [5, 5.41) is 12.7. The molecule has 2 atom stereocenters. The highest BCUT2D eigenvalue weighted by molar-refractivity contribution is 6.09. The van der Waals surface area contributed by atoms with Crippen LogP contribution in [0, 0.1) is 10.1 Å². The molecule has 7 nitrogen and oxygen atoms in total. The fourth-order valence-electron chi connectivity index (χ4n) is 4.52. The largest absolute Gasteiger partial charge is 0.494 e. The van der Waals surface area contributed by atoms with Crippen molar-refractivity contribution < 1.29 is 14.5 Å². The molecule has 0 radical (unpaired) electrons. The number of fused-ring (bicyclic) bond motifs is 1. The highest BCUT2D eigenvalue weighted by Gasteiger charge is 2.52. The van der Waals surface area contributed by atoms with E-state index in [1.807, 2.05) is 61.7 Å². The molecule has 0 aliphatic carbocycles. The van der Waals surface area contributed by atoms with Crippen molar-refractivity contribution in [2.45, 2.75) is 18.9 Å². The Bertz CT molecular complexity index is 1310. The number of carbonyl (C=O) groups excluding carboxylic acids is 1. The second-order valence-corrected chi connectivity index (χ2v) is 7.66. The van der Waals surface area contributed by atoms with Gasteiger partial charge in [-0.15, -0.1) is 0 Å². The number of nitro groups is 1. The molecule has 3 aromatic carbocycles. The van der Waals surface area contributed by atoms with Gasteiger partial charge in [-0.2, -0.15) is 0 Å². The SMILES string of the molecule is CCOc1ccc(N2C(=O)C(c3c[nH]c4ccccc34)C2c2ccccc2[N+](=O)[O-])cc1. The fraction of sp³-hybridized carbons (Fsp3) is 0.160. The predicted octanol–water partition coefficient (Wildman–Crippen LogP) is 5.35. The van der Waals surface area contributed by atoms with E-state index in [9.17, 15) is 14.9 Å². The summed E-state index contributed by atoms with van der Waals surface area (Å²) >= 11 is 0. The molecule has 1 N–H and O–H groups in total. The maximum absolute atomic E-state index is 13.5. The number of H-pyrrole nitrogens is 1. The molecule has 32 heavy (non-hydrogen) atoms. The molecule has 4 aromatic rings. The molecular weight excluding hydrogens is 406 g/mol. The van der Waals surface area contributed by atoms with Gasteiger partial charge in [0, 0.05) is 28.9 Å². The lowest BCUT2D eigenvalue weighted by molar-refractivity contribution is -0.385. The minimum atomic E-state index is -0.529. The standard InChI is InChI=1S/C25H21N3O4/c1-2-32-17-13-11-16(12-14-17)27-24(19-8-4-6-10-22(19)28(30)31)23(25(27)29)20-15-26-21-9-5-3-7-18(20)21/h3-15,23-24,26H,2H2,1H3. The van der Waals surface area contributed by atoms with Gasteiger partial charge in [0.2, 0.25) is 5.91 Å². The summed E-state index contributed by atoms with van der Waals surface area (Å²) in [6.07, 6.45) is 1.84. The molecule has 1 aliphatic rings. The summed E-state index contributed by atoms with van der Waals surface area (Å²) < 4.78 is 5.51. The predicted molar refractivity (Wildman–Crippen MR) is 122 cm³/mol. The second kappa shape index (κ2) is 7.85. The lowest BCUT2D eigenvalue weighted by atomic mass is 9.76. The summed E-state index contributed by atoms with van der Waals surface area (Å²) in [4.78, 5) is 29.8. The Morgan fingerprint density at radius 3 is 2.47 bits per heavy atom. The number of ether oxygens (including phenoxy) is 1. The number of anilines is 1. The monoisotopic (exact) mass is 427 g/mol. The minimum absolute atomic E-state index is 0.00535. The Morgan fingerprint density at radius 1 is 1.00 bits per heavy atom. The highest BCUT2D eigenvalue weighted by Crippen LogP contribution is 2.52. The molecule has 2 heterocycles. The van der Waals surface area contributed by atoms with Crippen molar-refractivity contribution in [3.63, 3.8) is 0 Å². The smallest absolute Gasteiger partial charge is 0.274 e. The van der Waals surface area contributed by atoms with Crippen LogP contribution in [0.3, 0.4) is 0 Å². The molecule has 1 saturated heterocycles. The van der Waals surface area contributed by atoms with E-state index in [0.29, 0.717) is 23.6 Å². The van der Waals surface area contributed by atoms with Crippen LogP contribution in [0.25, 0.3) is 10.9 Å². The van der Waals surface area contributed by atoms with Crippen LogP contribution in [0.2, 0.25) is 0 Å². The maximum Gasteiger partial charge on any atom is 0.274 e. The second-order valence-electron chi connectivity index (χ2n) is 7.66. The minimum Gasteiger partial charge on any atom is -0.494 e. The average molecular weight is 427 g/mol. The number of hydrogen-bond donors (Lipinski definition) is 1. The van der Waals surface area contributed by atoms with Gasteiger partial charge in [-0.3, -0.25) is 14.9 Å². The van der Waals surface area contributed by atoms with E-state index in [1.54, 1.807) is 23.1 Å². The van der Waals surface area contributed by atoms with Gasteiger partial charge < -0.3 is 14.6 Å². The van der Waals surface area contributed by atoms with E-state index < -0.39 is 12.0 Å². The van der Waals surface area contributed by atoms with Gasteiger partial charge in [0.25, 0.3) is 5.69 Å².